The van der Waals surface area contributed by atoms with Gasteiger partial charge in [-0.05, 0) is 49.2 Å². The Labute approximate surface area is 116 Å². The molecule has 0 spiro atoms. The number of hydrogen-bond donors (Lipinski definition) is 2. The average Bonchev–Trinajstić information content (AvgIpc) is 2.35. The summed E-state index contributed by atoms with van der Waals surface area (Å²) in [6, 6.07) is 4.81. The van der Waals surface area contributed by atoms with Crippen molar-refractivity contribution in [1.82, 2.24) is 10.6 Å². The molecule has 0 aromatic heterocycles. The highest BCUT2D eigenvalue weighted by Crippen LogP contribution is 2.36. The second-order valence-corrected chi connectivity index (χ2v) is 6.30. The van der Waals surface area contributed by atoms with Gasteiger partial charge in [-0.1, -0.05) is 0 Å². The van der Waals surface area contributed by atoms with Crippen molar-refractivity contribution < 1.29 is 9.18 Å². The Morgan fingerprint density at radius 3 is 3.05 bits per heavy atom. The molecule has 0 bridgehead atoms. The van der Waals surface area contributed by atoms with E-state index in [1.54, 1.807) is 17.8 Å². The predicted molar refractivity (Wildman–Crippen MR) is 73.6 cm³/mol. The van der Waals surface area contributed by atoms with E-state index in [0.717, 1.165) is 35.7 Å². The molecule has 1 aromatic carbocycles. The van der Waals surface area contributed by atoms with Crippen LogP contribution in [0, 0.1) is 11.7 Å². The molecule has 19 heavy (non-hydrogen) atoms. The van der Waals surface area contributed by atoms with Crippen molar-refractivity contribution in [2.45, 2.75) is 23.8 Å². The molecule has 1 saturated heterocycles. The van der Waals surface area contributed by atoms with Gasteiger partial charge < -0.3 is 10.6 Å². The van der Waals surface area contributed by atoms with E-state index in [0.29, 0.717) is 12.3 Å². The lowest BCUT2D eigenvalue weighted by molar-refractivity contribution is -0.123. The van der Waals surface area contributed by atoms with E-state index in [1.807, 2.05) is 6.07 Å². The zero-order valence-electron chi connectivity index (χ0n) is 10.6. The topological polar surface area (TPSA) is 41.1 Å². The lowest BCUT2D eigenvalue weighted by atomic mass is 9.98. The molecule has 0 aliphatic carbocycles. The highest BCUT2D eigenvalue weighted by molar-refractivity contribution is 7.99. The van der Waals surface area contributed by atoms with Crippen molar-refractivity contribution in [3.05, 3.63) is 29.6 Å². The Morgan fingerprint density at radius 1 is 1.47 bits per heavy atom. The van der Waals surface area contributed by atoms with Gasteiger partial charge in [-0.15, -0.1) is 11.8 Å². The molecule has 3 nitrogen and oxygen atoms in total. The minimum Gasteiger partial charge on any atom is -0.349 e. The number of hydrogen-bond acceptors (Lipinski definition) is 3. The first-order valence-corrected chi connectivity index (χ1v) is 7.63. The summed E-state index contributed by atoms with van der Waals surface area (Å²) in [5, 5.41) is 6.22. The van der Waals surface area contributed by atoms with Gasteiger partial charge >= 0.3 is 0 Å². The van der Waals surface area contributed by atoms with Crippen LogP contribution in [0.3, 0.4) is 0 Å². The molecule has 2 heterocycles. The van der Waals surface area contributed by atoms with Gasteiger partial charge in [0.15, 0.2) is 0 Å². The Bertz CT molecular complexity index is 490. The number of carbonyl (C=O) groups excluding carboxylic acids is 1. The third-order valence-corrected chi connectivity index (χ3v) is 4.81. The third-order valence-electron chi connectivity index (χ3n) is 3.69. The molecule has 1 unspecified atom stereocenters. The zero-order chi connectivity index (χ0) is 13.2. The molecular formula is C14H17FN2OS. The number of rotatable bonds is 3. The summed E-state index contributed by atoms with van der Waals surface area (Å²) in [5.41, 5.74) is 0.927. The maximum atomic E-state index is 13.3. The van der Waals surface area contributed by atoms with Crippen molar-refractivity contribution in [3.63, 3.8) is 0 Å². The maximum absolute atomic E-state index is 13.3. The summed E-state index contributed by atoms with van der Waals surface area (Å²) >= 11 is 1.73. The van der Waals surface area contributed by atoms with Crippen molar-refractivity contribution in [3.8, 4) is 0 Å². The summed E-state index contributed by atoms with van der Waals surface area (Å²) in [6.45, 7) is 1.86. The normalized spacial score (nSPS) is 22.5. The lowest BCUT2D eigenvalue weighted by Gasteiger charge is -2.29. The molecule has 2 aliphatic rings. The van der Waals surface area contributed by atoms with Crippen LogP contribution in [0.4, 0.5) is 4.39 Å². The Morgan fingerprint density at radius 2 is 2.32 bits per heavy atom. The molecule has 1 atom stereocenters. The monoisotopic (exact) mass is 280 g/mol. The Kier molecular flexibility index (Phi) is 3.75. The van der Waals surface area contributed by atoms with Crippen LogP contribution in [0.5, 0.6) is 0 Å². The SMILES string of the molecule is O=C(CC1CNC1)NC1CCSc2ccc(F)cc21. The fraction of sp³-hybridized carbons (Fsp3) is 0.500. The van der Waals surface area contributed by atoms with Gasteiger partial charge in [0, 0.05) is 17.1 Å². The molecule has 3 rings (SSSR count). The number of fused-ring (bicyclic) bond motifs is 1. The molecule has 102 valence electrons. The second kappa shape index (κ2) is 5.51. The maximum Gasteiger partial charge on any atom is 0.220 e. The van der Waals surface area contributed by atoms with Crippen LogP contribution < -0.4 is 10.6 Å². The average molecular weight is 280 g/mol. The van der Waals surface area contributed by atoms with E-state index in [-0.39, 0.29) is 17.8 Å². The smallest absolute Gasteiger partial charge is 0.220 e. The zero-order valence-corrected chi connectivity index (χ0v) is 11.4. The Balaban J connectivity index is 1.68. The van der Waals surface area contributed by atoms with Crippen LogP contribution in [0.15, 0.2) is 23.1 Å². The molecule has 1 aromatic rings. The van der Waals surface area contributed by atoms with Gasteiger partial charge in [-0.2, -0.15) is 0 Å². The third kappa shape index (κ3) is 2.92. The van der Waals surface area contributed by atoms with Crippen LogP contribution in [0.2, 0.25) is 0 Å². The van der Waals surface area contributed by atoms with Gasteiger partial charge in [-0.3, -0.25) is 4.79 Å². The number of carbonyl (C=O) groups is 1. The van der Waals surface area contributed by atoms with Crippen LogP contribution in [0.25, 0.3) is 0 Å². The first-order chi connectivity index (χ1) is 9.22. The summed E-state index contributed by atoms with van der Waals surface area (Å²) in [5.74, 6) is 1.28. The van der Waals surface area contributed by atoms with Crippen molar-refractivity contribution in [2.75, 3.05) is 18.8 Å². The Hall–Kier alpha value is -1.07. The number of thioether (sulfide) groups is 1. The fourth-order valence-corrected chi connectivity index (χ4v) is 3.63. The van der Waals surface area contributed by atoms with Crippen molar-refractivity contribution >= 4 is 17.7 Å². The molecule has 2 aliphatic heterocycles. The number of nitrogens with one attached hydrogen (secondary N) is 2. The van der Waals surface area contributed by atoms with E-state index in [2.05, 4.69) is 10.6 Å². The highest BCUT2D eigenvalue weighted by atomic mass is 32.2. The van der Waals surface area contributed by atoms with Crippen LogP contribution >= 0.6 is 11.8 Å². The molecule has 1 amide bonds. The first-order valence-electron chi connectivity index (χ1n) is 6.64. The van der Waals surface area contributed by atoms with Crippen LogP contribution in [-0.4, -0.2) is 24.7 Å². The summed E-state index contributed by atoms with van der Waals surface area (Å²) in [6.07, 6.45) is 1.44. The molecule has 1 fully saturated rings. The summed E-state index contributed by atoms with van der Waals surface area (Å²) < 4.78 is 13.3. The standard InChI is InChI=1S/C14H17FN2OS/c15-10-1-2-13-11(6-10)12(3-4-19-13)17-14(18)5-9-7-16-8-9/h1-2,6,9,12,16H,3-5,7-8H2,(H,17,18). The van der Waals surface area contributed by atoms with Gasteiger partial charge in [0.2, 0.25) is 5.91 Å². The molecule has 0 saturated carbocycles. The molecular weight excluding hydrogens is 263 g/mol. The fourth-order valence-electron chi connectivity index (χ4n) is 2.52. The quantitative estimate of drug-likeness (QED) is 0.891. The van der Waals surface area contributed by atoms with Gasteiger partial charge in [0.1, 0.15) is 5.82 Å². The van der Waals surface area contributed by atoms with Gasteiger partial charge in [-0.25, -0.2) is 4.39 Å². The summed E-state index contributed by atoms with van der Waals surface area (Å²) in [4.78, 5) is 13.1. The minimum atomic E-state index is -0.233. The van der Waals surface area contributed by atoms with Gasteiger partial charge in [0.05, 0.1) is 6.04 Å². The highest BCUT2D eigenvalue weighted by Gasteiger charge is 2.25. The number of benzene rings is 1. The minimum absolute atomic E-state index is 0.0347. The van der Waals surface area contributed by atoms with E-state index >= 15 is 0 Å². The van der Waals surface area contributed by atoms with Crippen LogP contribution in [-0.2, 0) is 4.79 Å². The number of amides is 1. The van der Waals surface area contributed by atoms with Crippen LogP contribution in [0.1, 0.15) is 24.4 Å². The van der Waals surface area contributed by atoms with E-state index in [4.69, 9.17) is 0 Å². The summed E-state index contributed by atoms with van der Waals surface area (Å²) in [7, 11) is 0. The molecule has 0 radical (unpaired) electrons. The lowest BCUT2D eigenvalue weighted by Crippen LogP contribution is -2.45. The first kappa shape index (κ1) is 12.9. The number of halogens is 1. The molecule has 5 heteroatoms. The van der Waals surface area contributed by atoms with Crippen molar-refractivity contribution in [2.24, 2.45) is 5.92 Å². The van der Waals surface area contributed by atoms with E-state index in [1.165, 1.54) is 6.07 Å². The van der Waals surface area contributed by atoms with Crippen molar-refractivity contribution in [1.29, 1.82) is 0 Å². The van der Waals surface area contributed by atoms with E-state index in [9.17, 15) is 9.18 Å². The van der Waals surface area contributed by atoms with E-state index < -0.39 is 0 Å². The molecule has 2 N–H and O–H groups in total. The van der Waals surface area contributed by atoms with Gasteiger partial charge in [0.25, 0.3) is 0 Å². The second-order valence-electron chi connectivity index (χ2n) is 5.17. The largest absolute Gasteiger partial charge is 0.349 e. The predicted octanol–water partition coefficient (Wildman–Crippen LogP) is 2.09.